The van der Waals surface area contributed by atoms with E-state index in [1.807, 2.05) is 29.5 Å². The number of carbonyl (C=O) groups is 3. The Kier molecular flexibility index (Phi) is 25.4. The fourth-order valence-electron chi connectivity index (χ4n) is 10.6. The number of carbonyl (C=O) groups excluding carboxylic acids is 3. The van der Waals surface area contributed by atoms with Gasteiger partial charge in [-0.1, -0.05) is 90.8 Å². The number of hydroxylamine groups is 1. The molecule has 2 aliphatic carbocycles. The van der Waals surface area contributed by atoms with Crippen molar-refractivity contribution in [3.8, 4) is 40.9 Å². The van der Waals surface area contributed by atoms with E-state index in [0.717, 1.165) is 18.9 Å². The fraction of sp³-hybridized carbons (Fsp3) is 0.672. The summed E-state index contributed by atoms with van der Waals surface area (Å²) in [5, 5.41) is 62.9. The van der Waals surface area contributed by atoms with Crippen molar-refractivity contribution in [1.29, 1.82) is 0 Å². The minimum absolute atomic E-state index is 0.0140. The molecule has 19 atom stereocenters. The number of Topliss-reactive ketones (excluding diaryl/α,β-unsaturated/α-hetero) is 1. The van der Waals surface area contributed by atoms with E-state index in [9.17, 15) is 39.9 Å². The van der Waals surface area contributed by atoms with Gasteiger partial charge in [-0.15, -0.1) is 0 Å². The van der Waals surface area contributed by atoms with Gasteiger partial charge in [-0.2, -0.15) is 5.48 Å². The Morgan fingerprint density at radius 3 is 2.23 bits per heavy atom. The third kappa shape index (κ3) is 16.4. The number of thioether (sulfide) groups is 1. The van der Waals surface area contributed by atoms with Gasteiger partial charge >= 0.3 is 6.09 Å². The maximum absolute atomic E-state index is 14.5. The largest absolute Gasteiger partial charge is 0.492 e. The first-order chi connectivity index (χ1) is 40.8. The zero-order valence-corrected chi connectivity index (χ0v) is 54.8. The molecule has 24 nitrogen and oxygen atoms in total. The number of ketones is 1. The number of hydrogen-bond donors (Lipinski definition) is 8. The Hall–Kier alpha value is -3.29. The molecule has 2 bridgehead atoms. The average Bonchev–Trinajstić information content (AvgIpc) is 0.894. The number of benzene rings is 1. The molecule has 6 aliphatic rings. The molecule has 7 rings (SSSR count). The molecular formula is C58H80IN3O21S3. The van der Waals surface area contributed by atoms with Crippen molar-refractivity contribution in [3.05, 3.63) is 49.8 Å². The maximum atomic E-state index is 14.5. The number of alkyl carbamates (subject to hydrolysis) is 1. The highest BCUT2D eigenvalue weighted by atomic mass is 127. The monoisotopic (exact) mass is 1380 g/mol. The molecule has 1 amide bonds. The lowest BCUT2D eigenvalue weighted by Gasteiger charge is -2.46. The highest BCUT2D eigenvalue weighted by Crippen LogP contribution is 2.49. The van der Waals surface area contributed by atoms with E-state index in [1.165, 1.54) is 44.3 Å². The molecule has 4 heterocycles. The molecule has 28 heteroatoms. The van der Waals surface area contributed by atoms with Gasteiger partial charge < -0.3 is 87.7 Å². The molecule has 4 fully saturated rings. The van der Waals surface area contributed by atoms with E-state index in [1.54, 1.807) is 51.7 Å². The van der Waals surface area contributed by atoms with Crippen LogP contribution in [0.25, 0.3) is 0 Å². The van der Waals surface area contributed by atoms with Crippen LogP contribution in [-0.2, 0) is 52.3 Å². The third-order valence-electron chi connectivity index (χ3n) is 15.0. The van der Waals surface area contributed by atoms with E-state index in [-0.39, 0.29) is 76.0 Å². The lowest BCUT2D eigenvalue weighted by molar-refractivity contribution is -0.336. The summed E-state index contributed by atoms with van der Waals surface area (Å²) in [4.78, 5) is 47.7. The minimum atomic E-state index is -2.07. The summed E-state index contributed by atoms with van der Waals surface area (Å²) in [6.07, 6.45) is -13.8. The highest BCUT2D eigenvalue weighted by molar-refractivity contribution is 14.1. The molecule has 478 valence electrons. The van der Waals surface area contributed by atoms with E-state index >= 15 is 0 Å². The second-order valence-corrected chi connectivity index (χ2v) is 27.4. The number of rotatable bonds is 21. The maximum Gasteiger partial charge on any atom is 0.411 e. The van der Waals surface area contributed by atoms with Gasteiger partial charge in [0.2, 0.25) is 17.2 Å². The molecule has 8 N–H and O–H groups in total. The van der Waals surface area contributed by atoms with Gasteiger partial charge in [-0.25, -0.2) is 4.79 Å². The molecule has 0 radical (unpaired) electrons. The van der Waals surface area contributed by atoms with Gasteiger partial charge in [-0.05, 0) is 74.5 Å². The molecule has 4 saturated heterocycles. The molecule has 0 aromatic heterocycles. The van der Waals surface area contributed by atoms with E-state index in [4.69, 9.17) is 61.7 Å². The number of aliphatic hydroxyl groups is 5. The van der Waals surface area contributed by atoms with Crippen molar-refractivity contribution in [2.75, 3.05) is 54.5 Å². The summed E-state index contributed by atoms with van der Waals surface area (Å²) < 4.78 is 72.6. The van der Waals surface area contributed by atoms with E-state index in [2.05, 4.69) is 60.6 Å². The summed E-state index contributed by atoms with van der Waals surface area (Å²) >= 11 is 2.83. The van der Waals surface area contributed by atoms with E-state index < -0.39 is 127 Å². The van der Waals surface area contributed by atoms with Crippen LogP contribution in [0.1, 0.15) is 83.7 Å². The van der Waals surface area contributed by atoms with Crippen molar-refractivity contribution in [3.63, 3.8) is 0 Å². The predicted molar refractivity (Wildman–Crippen MR) is 326 cm³/mol. The zero-order valence-electron chi connectivity index (χ0n) is 50.2. The predicted octanol–water partition coefficient (Wildman–Crippen LogP) is 3.72. The smallest absolute Gasteiger partial charge is 0.411 e. The Morgan fingerprint density at radius 1 is 0.872 bits per heavy atom. The van der Waals surface area contributed by atoms with Gasteiger partial charge in [0.15, 0.2) is 41.8 Å². The molecule has 86 heavy (non-hydrogen) atoms. The van der Waals surface area contributed by atoms with Crippen molar-refractivity contribution in [2.45, 2.75) is 195 Å². The van der Waals surface area contributed by atoms with Crippen LogP contribution in [0.2, 0.25) is 0 Å². The fourth-order valence-corrected chi connectivity index (χ4v) is 14.5. The van der Waals surface area contributed by atoms with Crippen molar-refractivity contribution >= 4 is 72.9 Å². The van der Waals surface area contributed by atoms with E-state index in [0.29, 0.717) is 21.4 Å². The second kappa shape index (κ2) is 31.2. The molecule has 1 aromatic carbocycles. The number of amides is 1. The van der Waals surface area contributed by atoms with Crippen molar-refractivity contribution in [2.24, 2.45) is 0 Å². The minimum Gasteiger partial charge on any atom is -0.492 e. The number of fused-ring (bicyclic) bond motifs is 2. The number of halogens is 1. The highest BCUT2D eigenvalue weighted by Gasteiger charge is 2.52. The van der Waals surface area contributed by atoms with Crippen LogP contribution in [0, 0.1) is 34.2 Å². The van der Waals surface area contributed by atoms with Gasteiger partial charge in [0.1, 0.15) is 36.6 Å². The number of likely N-dealkylation sites (N-methyl/N-ethyl adjacent to an activating group) is 1. The Bertz CT molecular complexity index is 2790. The second-order valence-electron chi connectivity index (χ2n) is 22.0. The Morgan fingerprint density at radius 2 is 1.58 bits per heavy atom. The lowest BCUT2D eigenvalue weighted by Crippen LogP contribution is -2.65. The first-order valence-electron chi connectivity index (χ1n) is 28.0. The third-order valence-corrected chi connectivity index (χ3v) is 20.8. The number of methoxy groups -OCH3 is 5. The molecule has 0 saturated carbocycles. The van der Waals surface area contributed by atoms with Gasteiger partial charge in [-0.3, -0.25) is 19.7 Å². The summed E-state index contributed by atoms with van der Waals surface area (Å²) in [6.45, 7) is 15.6. The van der Waals surface area contributed by atoms with Crippen LogP contribution in [0.3, 0.4) is 0 Å². The number of ether oxygens (including phenoxy) is 12. The first-order valence-corrected chi connectivity index (χ1v) is 32.3. The molecule has 0 spiro atoms. The molecular weight excluding hydrogens is 1300 g/mol. The lowest BCUT2D eigenvalue weighted by atomic mass is 9.75. The SMILES string of the molecule is CCN[C@H]1CO[C@@H](O[C@H]2[C@H](O[C@H]3C#CC=CC#C[C@]4(O)CC(=O)C(NC(=O)OC)=C3C4=CCSSC(C)(C)C)O[C@H](C)[C@@H](NO[C@H]3C[C@H](O)[C@H](SC(=O)c4c(C)c(I)c(O[C@@H]5O[C@@H](C)[C@H](O)[C@@H](OC)[C@H]5O)c(OC)c4OC)[C@@H](C)O3)[C@@H]2O)C[C@@H]1OC. The van der Waals surface area contributed by atoms with Crippen LogP contribution < -0.4 is 30.3 Å². The summed E-state index contributed by atoms with van der Waals surface area (Å²) in [7, 11) is 9.90. The molecule has 0 unspecified atom stereocenters. The average molecular weight is 1380 g/mol. The number of nitrogens with one attached hydrogen (secondary N) is 3. The van der Waals surface area contributed by atoms with Crippen LogP contribution in [0.5, 0.6) is 17.2 Å². The topological polar surface area (TPSA) is 308 Å². The molecule has 4 aliphatic heterocycles. The standard InChI is InChI=1S/C58H80IN3O21S3/c1-14-60-32-26-76-37(24-36(32)71-9)81-50-45(66)42(28(3)78-55(50)80-35-19-17-15-16-18-21-58(70)25-34(64)43(61-56(69)75-13)40(35)31(58)20-22-84-86-57(6,7)8)62-83-38-23-33(63)52(30(5)77-38)85-53(68)39-27(2)41(59)48(51(74-12)47(39)72-10)82-54-46(67)49(73-11)44(65)29(4)79-54/h15-16,20,28-30,32-33,35-38,42,44-46,49-50,52,54-55,60,62-63,65-67,70H,14,22-26H2,1-13H3,(H,61,69)/t28-,29+,30-,32+,33+,35+,36+,37+,38+,42-,44+,45+,46-,49-,50-,52-,54+,55+,58+/m1/s1. The Labute approximate surface area is 527 Å². The summed E-state index contributed by atoms with van der Waals surface area (Å²) in [5.74, 6) is 11.4. The van der Waals surface area contributed by atoms with Crippen molar-refractivity contribution < 1.29 is 102 Å². The normalized spacial score (nSPS) is 35.2. The van der Waals surface area contributed by atoms with Gasteiger partial charge in [0.05, 0.1) is 97.0 Å². The number of allylic oxidation sites excluding steroid dienone is 3. The van der Waals surface area contributed by atoms with Crippen LogP contribution >= 0.6 is 55.9 Å². The van der Waals surface area contributed by atoms with Crippen LogP contribution in [-0.4, -0.2) is 217 Å². The zero-order chi connectivity index (χ0) is 62.9. The summed E-state index contributed by atoms with van der Waals surface area (Å²) in [5.41, 5.74) is 1.30. The summed E-state index contributed by atoms with van der Waals surface area (Å²) in [6, 6.07) is -1.27. The first kappa shape index (κ1) is 70.2. The van der Waals surface area contributed by atoms with Gasteiger partial charge in [0, 0.05) is 48.7 Å². The van der Waals surface area contributed by atoms with Gasteiger partial charge in [0.25, 0.3) is 0 Å². The number of aliphatic hydroxyl groups excluding tert-OH is 4. The van der Waals surface area contributed by atoms with Crippen LogP contribution in [0.15, 0.2) is 35.1 Å². The number of hydrogen-bond acceptors (Lipinski definition) is 26. The van der Waals surface area contributed by atoms with Crippen LogP contribution in [0.4, 0.5) is 4.79 Å². The molecule has 1 aromatic rings. The quantitative estimate of drug-likeness (QED) is 0.0286. The Balaban J connectivity index is 1.13. The van der Waals surface area contributed by atoms with Crippen molar-refractivity contribution in [1.82, 2.24) is 16.1 Å².